The van der Waals surface area contributed by atoms with E-state index in [0.717, 1.165) is 4.34 Å². The van der Waals surface area contributed by atoms with E-state index in [1.807, 2.05) is 6.07 Å². The lowest BCUT2D eigenvalue weighted by Gasteiger charge is -2.12. The van der Waals surface area contributed by atoms with Gasteiger partial charge in [0.2, 0.25) is 0 Å². The van der Waals surface area contributed by atoms with Gasteiger partial charge in [-0.2, -0.15) is 0 Å². The van der Waals surface area contributed by atoms with Gasteiger partial charge in [0.05, 0.1) is 9.16 Å². The SMILES string of the molecule is CCC(C)c1ccc(C(Br)c2ccc(Cl)s2)cc1. The number of thiophene rings is 1. The largest absolute Gasteiger partial charge is 0.127 e. The van der Waals surface area contributed by atoms with Crippen LogP contribution >= 0.6 is 38.9 Å². The second kappa shape index (κ2) is 6.23. The van der Waals surface area contributed by atoms with Crippen LogP contribution in [0.15, 0.2) is 36.4 Å². The van der Waals surface area contributed by atoms with Gasteiger partial charge in [-0.25, -0.2) is 0 Å². The fourth-order valence-corrected chi connectivity index (χ4v) is 3.66. The van der Waals surface area contributed by atoms with Crippen molar-refractivity contribution in [3.63, 3.8) is 0 Å². The van der Waals surface area contributed by atoms with Gasteiger partial charge in [0, 0.05) is 4.88 Å². The summed E-state index contributed by atoms with van der Waals surface area (Å²) in [6.07, 6.45) is 1.18. The average molecular weight is 344 g/mol. The number of alkyl halides is 1. The number of hydrogen-bond donors (Lipinski definition) is 0. The fourth-order valence-electron chi connectivity index (χ4n) is 1.86. The van der Waals surface area contributed by atoms with Crippen molar-refractivity contribution in [2.24, 2.45) is 0 Å². The second-order valence-electron chi connectivity index (χ2n) is 4.48. The molecule has 1 heterocycles. The lowest BCUT2D eigenvalue weighted by Crippen LogP contribution is -1.94. The molecule has 0 amide bonds. The molecule has 2 atom stereocenters. The van der Waals surface area contributed by atoms with Crippen LogP contribution in [0.1, 0.15) is 47.0 Å². The van der Waals surface area contributed by atoms with Crippen molar-refractivity contribution < 1.29 is 0 Å². The molecule has 0 aliphatic heterocycles. The molecule has 1 aromatic carbocycles. The highest BCUT2D eigenvalue weighted by Gasteiger charge is 2.13. The quantitative estimate of drug-likeness (QED) is 0.563. The molecular formula is C15H16BrClS. The summed E-state index contributed by atoms with van der Waals surface area (Å²) in [5, 5.41) is 0. The summed E-state index contributed by atoms with van der Waals surface area (Å²) in [6.45, 7) is 4.49. The molecule has 0 N–H and O–H groups in total. The molecule has 2 rings (SSSR count). The summed E-state index contributed by atoms with van der Waals surface area (Å²) in [6, 6.07) is 12.9. The van der Waals surface area contributed by atoms with Gasteiger partial charge < -0.3 is 0 Å². The van der Waals surface area contributed by atoms with Crippen molar-refractivity contribution in [2.75, 3.05) is 0 Å². The zero-order chi connectivity index (χ0) is 13.1. The Morgan fingerprint density at radius 1 is 1.11 bits per heavy atom. The summed E-state index contributed by atoms with van der Waals surface area (Å²) in [5.41, 5.74) is 2.69. The Hall–Kier alpha value is -0.310. The van der Waals surface area contributed by atoms with Crippen molar-refractivity contribution in [3.05, 3.63) is 56.7 Å². The molecule has 0 nitrogen and oxygen atoms in total. The molecule has 2 unspecified atom stereocenters. The number of benzene rings is 1. The Morgan fingerprint density at radius 3 is 2.22 bits per heavy atom. The standard InChI is InChI=1S/C15H16BrClS/c1-3-10(2)11-4-6-12(7-5-11)15(16)13-8-9-14(17)18-13/h4-10,15H,3H2,1-2H3. The lowest BCUT2D eigenvalue weighted by atomic mass is 9.97. The van der Waals surface area contributed by atoms with Gasteiger partial charge in [-0.1, -0.05) is 65.6 Å². The van der Waals surface area contributed by atoms with E-state index in [2.05, 4.69) is 60.1 Å². The molecule has 1 aromatic heterocycles. The molecule has 2 aromatic rings. The van der Waals surface area contributed by atoms with Gasteiger partial charge >= 0.3 is 0 Å². The van der Waals surface area contributed by atoms with E-state index < -0.39 is 0 Å². The Balaban J connectivity index is 2.19. The van der Waals surface area contributed by atoms with E-state index >= 15 is 0 Å². The zero-order valence-corrected chi connectivity index (χ0v) is 13.6. The van der Waals surface area contributed by atoms with Gasteiger partial charge in [0.15, 0.2) is 0 Å². The van der Waals surface area contributed by atoms with E-state index in [-0.39, 0.29) is 4.83 Å². The van der Waals surface area contributed by atoms with E-state index in [4.69, 9.17) is 11.6 Å². The molecule has 0 aliphatic carbocycles. The molecule has 18 heavy (non-hydrogen) atoms. The van der Waals surface area contributed by atoms with E-state index in [9.17, 15) is 0 Å². The lowest BCUT2D eigenvalue weighted by molar-refractivity contribution is 0.733. The summed E-state index contributed by atoms with van der Waals surface area (Å²) < 4.78 is 0.839. The Bertz CT molecular complexity index is 503. The topological polar surface area (TPSA) is 0 Å². The molecule has 0 saturated carbocycles. The normalized spacial score (nSPS) is 14.4. The summed E-state index contributed by atoms with van der Waals surface area (Å²) >= 11 is 11.3. The average Bonchev–Trinajstić information content (AvgIpc) is 2.84. The first-order chi connectivity index (χ1) is 8.61. The smallest absolute Gasteiger partial charge is 0.0931 e. The maximum atomic E-state index is 5.98. The van der Waals surface area contributed by atoms with Crippen LogP contribution in [0.4, 0.5) is 0 Å². The van der Waals surface area contributed by atoms with Crippen molar-refractivity contribution in [2.45, 2.75) is 31.0 Å². The maximum absolute atomic E-state index is 5.98. The molecule has 0 aliphatic rings. The van der Waals surface area contributed by atoms with Crippen LogP contribution in [0.3, 0.4) is 0 Å². The second-order valence-corrected chi connectivity index (χ2v) is 7.14. The van der Waals surface area contributed by atoms with Crippen LogP contribution in [0, 0.1) is 0 Å². The van der Waals surface area contributed by atoms with Crippen molar-refractivity contribution in [1.29, 1.82) is 0 Å². The molecule has 0 radical (unpaired) electrons. The fraction of sp³-hybridized carbons (Fsp3) is 0.333. The first kappa shape index (κ1) is 14.1. The summed E-state index contributed by atoms with van der Waals surface area (Å²) in [7, 11) is 0. The molecule has 0 spiro atoms. The number of rotatable bonds is 4. The van der Waals surface area contributed by atoms with Crippen molar-refractivity contribution in [3.8, 4) is 0 Å². The number of hydrogen-bond acceptors (Lipinski definition) is 1. The van der Waals surface area contributed by atoms with Crippen LogP contribution in [-0.4, -0.2) is 0 Å². The van der Waals surface area contributed by atoms with Crippen molar-refractivity contribution in [1.82, 2.24) is 0 Å². The van der Waals surface area contributed by atoms with E-state index in [1.165, 1.54) is 22.4 Å². The maximum Gasteiger partial charge on any atom is 0.0931 e. The summed E-state index contributed by atoms with van der Waals surface area (Å²) in [4.78, 5) is 1.48. The third kappa shape index (κ3) is 3.17. The third-order valence-electron chi connectivity index (χ3n) is 3.25. The van der Waals surface area contributed by atoms with Crippen molar-refractivity contribution >= 4 is 38.9 Å². The number of halogens is 2. The van der Waals surface area contributed by atoms with Crippen LogP contribution in [0.2, 0.25) is 4.34 Å². The third-order valence-corrected chi connectivity index (χ3v) is 5.88. The first-order valence-corrected chi connectivity index (χ1v) is 8.22. The highest BCUT2D eigenvalue weighted by Crippen LogP contribution is 2.37. The predicted octanol–water partition coefficient (Wildman–Crippen LogP) is 6.40. The first-order valence-electron chi connectivity index (χ1n) is 6.11. The molecule has 0 bridgehead atoms. The highest BCUT2D eigenvalue weighted by atomic mass is 79.9. The monoisotopic (exact) mass is 342 g/mol. The van der Waals surface area contributed by atoms with Gasteiger partial charge in [0.1, 0.15) is 0 Å². The minimum atomic E-state index is 0.237. The van der Waals surface area contributed by atoms with E-state index in [1.54, 1.807) is 11.3 Å². The van der Waals surface area contributed by atoms with Gasteiger partial charge in [-0.05, 0) is 35.6 Å². The summed E-state index contributed by atoms with van der Waals surface area (Å²) in [5.74, 6) is 0.629. The van der Waals surface area contributed by atoms with Crippen LogP contribution in [0.25, 0.3) is 0 Å². The van der Waals surface area contributed by atoms with Crippen LogP contribution < -0.4 is 0 Å². The van der Waals surface area contributed by atoms with Gasteiger partial charge in [-0.15, -0.1) is 11.3 Å². The Kier molecular flexibility index (Phi) is 4.88. The minimum absolute atomic E-state index is 0.237. The Labute approximate surface area is 126 Å². The molecular weight excluding hydrogens is 328 g/mol. The van der Waals surface area contributed by atoms with Crippen LogP contribution in [-0.2, 0) is 0 Å². The zero-order valence-electron chi connectivity index (χ0n) is 10.5. The van der Waals surface area contributed by atoms with Gasteiger partial charge in [0.25, 0.3) is 0 Å². The highest BCUT2D eigenvalue weighted by molar-refractivity contribution is 9.09. The van der Waals surface area contributed by atoms with E-state index in [0.29, 0.717) is 5.92 Å². The van der Waals surface area contributed by atoms with Crippen LogP contribution in [0.5, 0.6) is 0 Å². The van der Waals surface area contributed by atoms with Gasteiger partial charge in [-0.3, -0.25) is 0 Å². The minimum Gasteiger partial charge on any atom is -0.127 e. The Morgan fingerprint density at radius 2 is 1.72 bits per heavy atom. The predicted molar refractivity (Wildman–Crippen MR) is 85.2 cm³/mol. The molecule has 0 saturated heterocycles. The molecule has 0 fully saturated rings. The molecule has 96 valence electrons. The molecule has 3 heteroatoms.